The Morgan fingerprint density at radius 1 is 1.35 bits per heavy atom. The summed E-state index contributed by atoms with van der Waals surface area (Å²) < 4.78 is 4.92. The Hall–Kier alpha value is -0.570. The van der Waals surface area contributed by atoms with Crippen molar-refractivity contribution in [3.8, 4) is 0 Å². The van der Waals surface area contributed by atoms with Crippen LogP contribution >= 0.6 is 0 Å². The van der Waals surface area contributed by atoms with Crippen molar-refractivity contribution in [2.45, 2.75) is 52.4 Å². The molecule has 1 atom stereocenters. The Bertz CT molecular complexity index is 218. The SMILES string of the molecule is CCOC(=O)CCCCN1CCC[C@@H](CC)C1. The van der Waals surface area contributed by atoms with E-state index in [2.05, 4.69) is 11.8 Å². The van der Waals surface area contributed by atoms with Crippen molar-refractivity contribution in [3.63, 3.8) is 0 Å². The Labute approximate surface area is 106 Å². The molecular formula is C14H27NO2. The van der Waals surface area contributed by atoms with Gasteiger partial charge in [0.2, 0.25) is 0 Å². The van der Waals surface area contributed by atoms with E-state index in [0.717, 1.165) is 25.3 Å². The lowest BCUT2D eigenvalue weighted by Crippen LogP contribution is -2.35. The Morgan fingerprint density at radius 2 is 2.18 bits per heavy atom. The van der Waals surface area contributed by atoms with Gasteiger partial charge in [0.25, 0.3) is 0 Å². The van der Waals surface area contributed by atoms with Crippen LogP contribution in [-0.2, 0) is 9.53 Å². The molecule has 3 nitrogen and oxygen atoms in total. The molecule has 1 heterocycles. The third-order valence-electron chi connectivity index (χ3n) is 3.59. The zero-order valence-electron chi connectivity index (χ0n) is 11.4. The summed E-state index contributed by atoms with van der Waals surface area (Å²) in [6.07, 6.45) is 6.71. The molecule has 1 rings (SSSR count). The summed E-state index contributed by atoms with van der Waals surface area (Å²) in [6.45, 7) is 8.30. The molecule has 1 saturated heterocycles. The van der Waals surface area contributed by atoms with E-state index in [0.29, 0.717) is 13.0 Å². The van der Waals surface area contributed by atoms with Gasteiger partial charge in [-0.1, -0.05) is 13.3 Å². The second-order valence-electron chi connectivity index (χ2n) is 4.98. The number of hydrogen-bond acceptors (Lipinski definition) is 3. The lowest BCUT2D eigenvalue weighted by Gasteiger charge is -2.32. The van der Waals surface area contributed by atoms with Crippen molar-refractivity contribution in [2.24, 2.45) is 5.92 Å². The van der Waals surface area contributed by atoms with Crippen molar-refractivity contribution < 1.29 is 9.53 Å². The average Bonchev–Trinajstić information content (AvgIpc) is 2.35. The highest BCUT2D eigenvalue weighted by molar-refractivity contribution is 5.69. The number of piperidine rings is 1. The van der Waals surface area contributed by atoms with Gasteiger partial charge < -0.3 is 9.64 Å². The van der Waals surface area contributed by atoms with Crippen molar-refractivity contribution >= 4 is 5.97 Å². The summed E-state index contributed by atoms with van der Waals surface area (Å²) in [4.78, 5) is 13.7. The molecule has 100 valence electrons. The summed E-state index contributed by atoms with van der Waals surface area (Å²) >= 11 is 0. The molecule has 0 aromatic rings. The molecule has 0 aromatic carbocycles. The monoisotopic (exact) mass is 241 g/mol. The minimum Gasteiger partial charge on any atom is -0.466 e. The van der Waals surface area contributed by atoms with Crippen LogP contribution in [0.5, 0.6) is 0 Å². The summed E-state index contributed by atoms with van der Waals surface area (Å²) in [5.74, 6) is 0.853. The van der Waals surface area contributed by atoms with Gasteiger partial charge in [0, 0.05) is 13.0 Å². The molecule has 3 heteroatoms. The van der Waals surface area contributed by atoms with Crippen LogP contribution in [0.2, 0.25) is 0 Å². The molecule has 0 bridgehead atoms. The fourth-order valence-corrected chi connectivity index (χ4v) is 2.53. The van der Waals surface area contributed by atoms with Gasteiger partial charge in [-0.25, -0.2) is 0 Å². The number of unbranched alkanes of at least 4 members (excludes halogenated alkanes) is 1. The third kappa shape index (κ3) is 6.06. The fraction of sp³-hybridized carbons (Fsp3) is 0.929. The highest BCUT2D eigenvalue weighted by atomic mass is 16.5. The second-order valence-corrected chi connectivity index (χ2v) is 4.98. The van der Waals surface area contributed by atoms with E-state index in [1.54, 1.807) is 0 Å². The molecule has 0 spiro atoms. The maximum atomic E-state index is 11.2. The van der Waals surface area contributed by atoms with Crippen molar-refractivity contribution in [1.29, 1.82) is 0 Å². The van der Waals surface area contributed by atoms with Crippen LogP contribution in [0.1, 0.15) is 52.4 Å². The van der Waals surface area contributed by atoms with Crippen LogP contribution in [-0.4, -0.2) is 37.1 Å². The first-order chi connectivity index (χ1) is 8.26. The van der Waals surface area contributed by atoms with E-state index in [1.165, 1.54) is 32.4 Å². The number of ether oxygens (including phenoxy) is 1. The van der Waals surface area contributed by atoms with E-state index in [9.17, 15) is 4.79 Å². The van der Waals surface area contributed by atoms with Crippen LogP contribution in [0.15, 0.2) is 0 Å². The molecule has 1 fully saturated rings. The molecule has 1 aliphatic heterocycles. The van der Waals surface area contributed by atoms with E-state index in [-0.39, 0.29) is 5.97 Å². The van der Waals surface area contributed by atoms with E-state index < -0.39 is 0 Å². The van der Waals surface area contributed by atoms with Gasteiger partial charge in [-0.05, 0) is 51.6 Å². The van der Waals surface area contributed by atoms with Crippen molar-refractivity contribution in [3.05, 3.63) is 0 Å². The maximum Gasteiger partial charge on any atom is 0.305 e. The maximum absolute atomic E-state index is 11.2. The zero-order chi connectivity index (χ0) is 12.5. The number of esters is 1. The van der Waals surface area contributed by atoms with Crippen molar-refractivity contribution in [2.75, 3.05) is 26.2 Å². The number of nitrogens with zero attached hydrogens (tertiary/aromatic N) is 1. The van der Waals surface area contributed by atoms with E-state index in [1.807, 2.05) is 6.92 Å². The normalized spacial score (nSPS) is 21.4. The van der Waals surface area contributed by atoms with Crippen LogP contribution < -0.4 is 0 Å². The number of rotatable bonds is 7. The molecule has 0 N–H and O–H groups in total. The summed E-state index contributed by atoms with van der Waals surface area (Å²) in [5, 5.41) is 0. The summed E-state index contributed by atoms with van der Waals surface area (Å²) in [6, 6.07) is 0. The van der Waals surface area contributed by atoms with Gasteiger partial charge in [-0.2, -0.15) is 0 Å². The minimum atomic E-state index is -0.0439. The number of hydrogen-bond donors (Lipinski definition) is 0. The molecule has 0 saturated carbocycles. The van der Waals surface area contributed by atoms with E-state index >= 15 is 0 Å². The summed E-state index contributed by atoms with van der Waals surface area (Å²) in [5.41, 5.74) is 0. The standard InChI is InChI=1S/C14H27NO2/c1-3-13-8-7-11-15(12-13)10-6-5-9-14(16)17-4-2/h13H,3-12H2,1-2H3/t13-/m1/s1. The second kappa shape index (κ2) is 8.51. The zero-order valence-corrected chi connectivity index (χ0v) is 11.4. The predicted octanol–water partition coefficient (Wildman–Crippen LogP) is 2.84. The summed E-state index contributed by atoms with van der Waals surface area (Å²) in [7, 11) is 0. The minimum absolute atomic E-state index is 0.0439. The molecule has 0 unspecified atom stereocenters. The lowest BCUT2D eigenvalue weighted by molar-refractivity contribution is -0.143. The predicted molar refractivity (Wildman–Crippen MR) is 69.9 cm³/mol. The Balaban J connectivity index is 2.04. The number of carbonyl (C=O) groups excluding carboxylic acids is 1. The van der Waals surface area contributed by atoms with Gasteiger partial charge in [0.15, 0.2) is 0 Å². The molecule has 0 aliphatic carbocycles. The number of carbonyl (C=O) groups is 1. The lowest BCUT2D eigenvalue weighted by atomic mass is 9.95. The highest BCUT2D eigenvalue weighted by Gasteiger charge is 2.17. The molecular weight excluding hydrogens is 214 g/mol. The van der Waals surface area contributed by atoms with Crippen LogP contribution in [0.25, 0.3) is 0 Å². The molecule has 0 amide bonds. The fourth-order valence-electron chi connectivity index (χ4n) is 2.53. The van der Waals surface area contributed by atoms with Crippen LogP contribution in [0.4, 0.5) is 0 Å². The topological polar surface area (TPSA) is 29.5 Å². The molecule has 0 radical (unpaired) electrons. The Kier molecular flexibility index (Phi) is 7.25. The molecule has 0 aromatic heterocycles. The first kappa shape index (κ1) is 14.5. The molecule has 1 aliphatic rings. The third-order valence-corrected chi connectivity index (χ3v) is 3.59. The average molecular weight is 241 g/mol. The Morgan fingerprint density at radius 3 is 2.88 bits per heavy atom. The highest BCUT2D eigenvalue weighted by Crippen LogP contribution is 2.19. The quantitative estimate of drug-likeness (QED) is 0.507. The molecule has 17 heavy (non-hydrogen) atoms. The van der Waals surface area contributed by atoms with E-state index in [4.69, 9.17) is 4.74 Å². The van der Waals surface area contributed by atoms with Crippen LogP contribution in [0.3, 0.4) is 0 Å². The first-order valence-electron chi connectivity index (χ1n) is 7.14. The first-order valence-corrected chi connectivity index (χ1v) is 7.14. The van der Waals surface area contributed by atoms with Gasteiger partial charge in [-0.3, -0.25) is 4.79 Å². The van der Waals surface area contributed by atoms with Gasteiger partial charge in [0.1, 0.15) is 0 Å². The largest absolute Gasteiger partial charge is 0.466 e. The smallest absolute Gasteiger partial charge is 0.305 e. The van der Waals surface area contributed by atoms with Gasteiger partial charge >= 0.3 is 5.97 Å². The van der Waals surface area contributed by atoms with Gasteiger partial charge in [-0.15, -0.1) is 0 Å². The van der Waals surface area contributed by atoms with Crippen molar-refractivity contribution in [1.82, 2.24) is 4.90 Å². The van der Waals surface area contributed by atoms with Crippen LogP contribution in [0, 0.1) is 5.92 Å². The number of likely N-dealkylation sites (tertiary alicyclic amines) is 1. The van der Waals surface area contributed by atoms with Gasteiger partial charge in [0.05, 0.1) is 6.61 Å².